The predicted molar refractivity (Wildman–Crippen MR) is 131 cm³/mol. The normalized spacial score (nSPS) is 29.0. The summed E-state index contributed by atoms with van der Waals surface area (Å²) < 4.78 is 83.1. The van der Waals surface area contributed by atoms with E-state index >= 15 is 0 Å². The second kappa shape index (κ2) is 10.0. The molecule has 3 fully saturated rings. The van der Waals surface area contributed by atoms with Gasteiger partial charge in [0.15, 0.2) is 17.4 Å². The molecule has 0 spiro atoms. The van der Waals surface area contributed by atoms with Crippen LogP contribution in [-0.4, -0.2) is 80.3 Å². The Morgan fingerprint density at radius 1 is 1.12 bits per heavy atom. The second-order valence-corrected chi connectivity index (χ2v) is 11.2. The van der Waals surface area contributed by atoms with Crippen LogP contribution in [0.25, 0.3) is 11.3 Å². The molecule has 0 bridgehead atoms. The highest BCUT2D eigenvalue weighted by Crippen LogP contribution is 2.48. The molecule has 1 saturated carbocycles. The topological polar surface area (TPSA) is 98.3 Å². The van der Waals surface area contributed by atoms with E-state index in [0.717, 1.165) is 0 Å². The van der Waals surface area contributed by atoms with Crippen LogP contribution in [-0.2, 0) is 30.9 Å². The Bertz CT molecular complexity index is 1400. The third kappa shape index (κ3) is 4.69. The fourth-order valence-electron chi connectivity index (χ4n) is 5.45. The van der Waals surface area contributed by atoms with Crippen molar-refractivity contribution in [3.8, 4) is 11.3 Å². The molecule has 1 unspecified atom stereocenters. The Balaban J connectivity index is 1.33. The third-order valence-electron chi connectivity index (χ3n) is 7.75. The maximum Gasteiger partial charge on any atom is 0.263 e. The lowest BCUT2D eigenvalue weighted by Gasteiger charge is -2.51. The van der Waals surface area contributed by atoms with Gasteiger partial charge in [-0.15, -0.1) is 10.2 Å². The lowest BCUT2D eigenvalue weighted by atomic mass is 9.89. The molecule has 15 heteroatoms. The van der Waals surface area contributed by atoms with Crippen molar-refractivity contribution in [2.45, 2.75) is 81.3 Å². The second-order valence-electron chi connectivity index (χ2n) is 10.8. The first-order valence-electron chi connectivity index (χ1n) is 12.8. The summed E-state index contributed by atoms with van der Waals surface area (Å²) in [6, 6.07) is 1.93. The van der Waals surface area contributed by atoms with E-state index in [1.54, 1.807) is 13.8 Å². The molecule has 0 amide bonds. The average Bonchev–Trinajstić information content (AvgIpc) is 3.36. The first-order valence-corrected chi connectivity index (χ1v) is 13.2. The van der Waals surface area contributed by atoms with Crippen molar-refractivity contribution in [2.75, 3.05) is 13.7 Å². The highest BCUT2D eigenvalue weighted by Gasteiger charge is 2.55. The first kappa shape index (κ1) is 27.5. The molecule has 0 N–H and O–H groups in total. The van der Waals surface area contributed by atoms with E-state index in [1.165, 1.54) is 41.0 Å². The Morgan fingerprint density at radius 2 is 1.90 bits per heavy atom. The molecule has 5 atom stereocenters. The number of ether oxygens (including phenoxy) is 4. The SMILES string of the molecule is CO[C@@H]1C(n2cc(-c3ccc(Cl)c(F)c3F)nn2)[C@H]2OC(C)(C)OC[C@H]2O[C@@H]1Cc1cn(C2(C(F)F)CC2)nn1. The van der Waals surface area contributed by atoms with Crippen LogP contribution in [0.1, 0.15) is 38.4 Å². The van der Waals surface area contributed by atoms with Crippen LogP contribution in [0.2, 0.25) is 5.02 Å². The molecule has 3 aliphatic rings. The fourth-order valence-corrected chi connectivity index (χ4v) is 5.59. The van der Waals surface area contributed by atoms with Crippen molar-refractivity contribution < 1.29 is 36.5 Å². The van der Waals surface area contributed by atoms with Crippen LogP contribution in [0.5, 0.6) is 0 Å². The zero-order valence-electron chi connectivity index (χ0n) is 21.8. The summed E-state index contributed by atoms with van der Waals surface area (Å²) >= 11 is 5.71. The van der Waals surface area contributed by atoms with Gasteiger partial charge in [0.05, 0.1) is 29.6 Å². The minimum absolute atomic E-state index is 0.0819. The number of hydrogen-bond donors (Lipinski definition) is 0. The summed E-state index contributed by atoms with van der Waals surface area (Å²) in [6.07, 6.45) is -1.20. The van der Waals surface area contributed by atoms with Crippen molar-refractivity contribution >= 4 is 11.6 Å². The van der Waals surface area contributed by atoms with Gasteiger partial charge in [-0.25, -0.2) is 26.9 Å². The van der Waals surface area contributed by atoms with Gasteiger partial charge in [-0.3, -0.25) is 0 Å². The standard InChI is InChI=1S/C25H27ClF4N6O4/c1-24(2)38-11-17-22(40-24)20(35-10-15(32-33-35)13-4-5-14(26)19(28)18(13)27)21(37-3)16(39-17)8-12-9-36(34-31-12)25(6-7-25)23(29)30/h4-5,9-10,16-17,20-23H,6-8,11H2,1-3H3/t16-,17-,20?,21+,22+/m1/s1. The molecule has 40 heavy (non-hydrogen) atoms. The first-order chi connectivity index (χ1) is 19.0. The molecule has 2 aromatic heterocycles. The fraction of sp³-hybridized carbons (Fsp3) is 0.600. The Kier molecular flexibility index (Phi) is 6.89. The van der Waals surface area contributed by atoms with Crippen molar-refractivity contribution in [3.63, 3.8) is 0 Å². The van der Waals surface area contributed by atoms with Gasteiger partial charge >= 0.3 is 0 Å². The lowest BCUT2D eigenvalue weighted by molar-refractivity contribution is -0.349. The summed E-state index contributed by atoms with van der Waals surface area (Å²) in [5.74, 6) is -3.27. The van der Waals surface area contributed by atoms with Crippen LogP contribution >= 0.6 is 11.6 Å². The van der Waals surface area contributed by atoms with Gasteiger partial charge < -0.3 is 18.9 Å². The Labute approximate surface area is 231 Å². The van der Waals surface area contributed by atoms with Gasteiger partial charge in [-0.1, -0.05) is 22.0 Å². The molecular formula is C25H27ClF4N6O4. The van der Waals surface area contributed by atoms with E-state index in [-0.39, 0.29) is 29.3 Å². The maximum absolute atomic E-state index is 14.7. The molecule has 216 valence electrons. The summed E-state index contributed by atoms with van der Waals surface area (Å²) in [4.78, 5) is 0. The number of alkyl halides is 2. The number of fused-ring (bicyclic) bond motifs is 1. The number of aromatic nitrogens is 6. The molecule has 1 aromatic carbocycles. The number of halogens is 5. The Morgan fingerprint density at radius 3 is 2.60 bits per heavy atom. The van der Waals surface area contributed by atoms with Crippen molar-refractivity contribution in [1.82, 2.24) is 30.0 Å². The summed E-state index contributed by atoms with van der Waals surface area (Å²) in [5.41, 5.74) is -0.886. The monoisotopic (exact) mass is 586 g/mol. The molecule has 10 nitrogen and oxygen atoms in total. The predicted octanol–water partition coefficient (Wildman–Crippen LogP) is 3.94. The number of nitrogens with zero attached hydrogens (tertiary/aromatic N) is 6. The van der Waals surface area contributed by atoms with Crippen LogP contribution in [0.4, 0.5) is 17.6 Å². The molecule has 6 rings (SSSR count). The summed E-state index contributed by atoms with van der Waals surface area (Å²) in [6.45, 7) is 3.73. The summed E-state index contributed by atoms with van der Waals surface area (Å²) in [5, 5.41) is 16.0. The zero-order valence-corrected chi connectivity index (χ0v) is 22.6. The number of rotatable bonds is 7. The maximum atomic E-state index is 14.7. The summed E-state index contributed by atoms with van der Waals surface area (Å²) in [7, 11) is 1.50. The van der Waals surface area contributed by atoms with Gasteiger partial charge in [0.1, 0.15) is 35.6 Å². The van der Waals surface area contributed by atoms with Crippen LogP contribution in [0.15, 0.2) is 24.5 Å². The van der Waals surface area contributed by atoms with E-state index < -0.39 is 59.8 Å². The molecule has 3 aromatic rings. The highest BCUT2D eigenvalue weighted by atomic mass is 35.5. The molecular weight excluding hydrogens is 560 g/mol. The number of benzene rings is 1. The van der Waals surface area contributed by atoms with Gasteiger partial charge in [-0.2, -0.15) is 0 Å². The highest BCUT2D eigenvalue weighted by molar-refractivity contribution is 6.30. The minimum atomic E-state index is -2.55. The van der Waals surface area contributed by atoms with Crippen molar-refractivity contribution in [3.05, 3.63) is 46.9 Å². The lowest BCUT2D eigenvalue weighted by Crippen LogP contribution is -2.62. The number of methoxy groups -OCH3 is 1. The molecule has 2 aliphatic heterocycles. The number of hydrogen-bond acceptors (Lipinski definition) is 8. The smallest absolute Gasteiger partial charge is 0.263 e. The van der Waals surface area contributed by atoms with Crippen molar-refractivity contribution in [1.29, 1.82) is 0 Å². The molecule has 1 aliphatic carbocycles. The van der Waals surface area contributed by atoms with E-state index in [0.29, 0.717) is 18.5 Å². The van der Waals surface area contributed by atoms with Gasteiger partial charge in [0.2, 0.25) is 0 Å². The van der Waals surface area contributed by atoms with E-state index in [2.05, 4.69) is 20.6 Å². The van der Waals surface area contributed by atoms with Crippen LogP contribution < -0.4 is 0 Å². The van der Waals surface area contributed by atoms with E-state index in [4.69, 9.17) is 30.5 Å². The molecule has 2 saturated heterocycles. The van der Waals surface area contributed by atoms with Gasteiger partial charge in [0.25, 0.3) is 6.43 Å². The van der Waals surface area contributed by atoms with Crippen LogP contribution in [0, 0.1) is 11.6 Å². The zero-order chi connectivity index (χ0) is 28.4. The van der Waals surface area contributed by atoms with Crippen molar-refractivity contribution in [2.24, 2.45) is 0 Å². The Hall–Kier alpha value is -2.65. The average molecular weight is 587 g/mol. The largest absolute Gasteiger partial charge is 0.376 e. The molecule has 0 radical (unpaired) electrons. The molecule has 4 heterocycles. The van der Waals surface area contributed by atoms with Crippen LogP contribution in [0.3, 0.4) is 0 Å². The van der Waals surface area contributed by atoms with E-state index in [9.17, 15) is 17.6 Å². The minimum Gasteiger partial charge on any atom is -0.376 e. The quantitative estimate of drug-likeness (QED) is 0.303. The van der Waals surface area contributed by atoms with E-state index in [1.807, 2.05) is 0 Å². The third-order valence-corrected chi connectivity index (χ3v) is 8.04. The van der Waals surface area contributed by atoms with Gasteiger partial charge in [0, 0.05) is 25.3 Å². The van der Waals surface area contributed by atoms with Gasteiger partial charge in [-0.05, 0) is 38.8 Å².